The number of hydrogen-bond donors (Lipinski definition) is 9. The summed E-state index contributed by atoms with van der Waals surface area (Å²) in [4.78, 5) is 58.4. The Morgan fingerprint density at radius 2 is 0.878 bits per heavy atom. The molecule has 0 unspecified atom stereocenters. The van der Waals surface area contributed by atoms with Crippen LogP contribution in [0.3, 0.4) is 0 Å². The van der Waals surface area contributed by atoms with E-state index in [0.717, 1.165) is 56.1 Å². The molecule has 0 atom stereocenters. The van der Waals surface area contributed by atoms with E-state index in [4.69, 9.17) is 38.1 Å². The van der Waals surface area contributed by atoms with Gasteiger partial charge in [0.1, 0.15) is 11.5 Å². The predicted molar refractivity (Wildman–Crippen MR) is 308 cm³/mol. The van der Waals surface area contributed by atoms with Gasteiger partial charge in [-0.25, -0.2) is 0 Å². The molecule has 0 bridgehead atoms. The number of carbonyl (C=O) groups is 4. The molecule has 5 aromatic carbocycles. The minimum Gasteiger partial charge on any atom is -0.493 e. The Balaban J connectivity index is 1.47. The zero-order valence-electron chi connectivity index (χ0n) is 44.1. The molecule has 14 N–H and O–H groups in total. The van der Waals surface area contributed by atoms with Crippen molar-refractivity contribution in [3.8, 4) is 11.5 Å². The van der Waals surface area contributed by atoms with Crippen LogP contribution in [0.2, 0.25) is 0 Å². The number of carbonyl (C=O) groups excluding carboxylic acids is 4. The number of ether oxygens (including phenoxy) is 2. The molecule has 398 valence electrons. The van der Waals surface area contributed by atoms with Crippen molar-refractivity contribution >= 4 is 81.3 Å². The third kappa shape index (κ3) is 16.9. The van der Waals surface area contributed by atoms with Crippen LogP contribution in [0, 0.1) is 0 Å². The Morgan fingerprint density at radius 1 is 0.486 bits per heavy atom. The number of amides is 4. The lowest BCUT2D eigenvalue weighted by atomic mass is 9.86. The summed E-state index contributed by atoms with van der Waals surface area (Å²) in [5.41, 5.74) is 34.6. The fraction of sp³-hybridized carbons (Fsp3) is 0.404. The minimum absolute atomic E-state index is 0.215. The van der Waals surface area contributed by atoms with Crippen molar-refractivity contribution in [1.29, 1.82) is 0 Å². The van der Waals surface area contributed by atoms with Crippen LogP contribution in [0.5, 0.6) is 11.5 Å². The van der Waals surface area contributed by atoms with E-state index in [0.29, 0.717) is 99.8 Å². The Bertz CT molecular complexity index is 2560. The first-order valence-corrected chi connectivity index (χ1v) is 27.4. The zero-order valence-corrected chi connectivity index (χ0v) is 45.8. The normalized spacial score (nSPS) is 11.5. The summed E-state index contributed by atoms with van der Waals surface area (Å²) >= 11 is 2.79. The van der Waals surface area contributed by atoms with Gasteiger partial charge in [0.2, 0.25) is 0 Å². The molecule has 0 fully saturated rings. The molecule has 5 aromatic rings. The number of nitrogens with two attached hydrogens (primary N) is 5. The Labute approximate surface area is 446 Å². The average molecular weight is 1050 g/mol. The number of anilines is 6. The molecule has 15 nitrogen and oxygen atoms in total. The van der Waals surface area contributed by atoms with E-state index in [9.17, 15) is 19.2 Å². The number of nitrogen functional groups attached to an aromatic ring is 2. The SMILES string of the molecule is CCCCCCOc1ccc(N)cc1C(=O)Nc1cc(C(C)(C)C)cc(NC(=O)c2cccc(C(=O)Nc3cc(C(C)(C)C)cc(NC(=O)c4cc(N)ccc4OCCCCCN)c3SCCN)c2)c1SCCN. The van der Waals surface area contributed by atoms with Gasteiger partial charge in [-0.3, -0.25) is 19.2 Å². The van der Waals surface area contributed by atoms with Crippen LogP contribution >= 0.6 is 23.5 Å². The summed E-state index contributed by atoms with van der Waals surface area (Å²) in [5, 5.41) is 12.4. The molecule has 17 heteroatoms. The molecular weight excluding hydrogens is 971 g/mol. The second-order valence-electron chi connectivity index (χ2n) is 20.1. The number of rotatable bonds is 26. The van der Waals surface area contributed by atoms with Gasteiger partial charge in [-0.05, 0) is 133 Å². The van der Waals surface area contributed by atoms with Gasteiger partial charge in [-0.15, -0.1) is 23.5 Å². The van der Waals surface area contributed by atoms with Crippen LogP contribution in [0.1, 0.15) is 146 Å². The van der Waals surface area contributed by atoms with Gasteiger partial charge in [0.15, 0.2) is 0 Å². The smallest absolute Gasteiger partial charge is 0.259 e. The summed E-state index contributed by atoms with van der Waals surface area (Å²) in [5.74, 6) is -0.0368. The second-order valence-corrected chi connectivity index (χ2v) is 22.3. The van der Waals surface area contributed by atoms with E-state index in [-0.39, 0.29) is 22.3 Å². The molecule has 0 aliphatic heterocycles. The summed E-state index contributed by atoms with van der Waals surface area (Å²) in [6, 6.07) is 24.0. The van der Waals surface area contributed by atoms with Crippen molar-refractivity contribution in [3.63, 3.8) is 0 Å². The van der Waals surface area contributed by atoms with Crippen LogP contribution in [0.4, 0.5) is 34.1 Å². The van der Waals surface area contributed by atoms with Crippen molar-refractivity contribution in [3.05, 3.63) is 118 Å². The lowest BCUT2D eigenvalue weighted by Crippen LogP contribution is -2.20. The molecule has 4 amide bonds. The minimum atomic E-state index is -0.483. The first-order valence-electron chi connectivity index (χ1n) is 25.4. The van der Waals surface area contributed by atoms with Crippen LogP contribution in [-0.2, 0) is 10.8 Å². The van der Waals surface area contributed by atoms with E-state index in [1.54, 1.807) is 54.6 Å². The number of nitrogens with one attached hydrogen (secondary N) is 4. The average Bonchev–Trinajstić information content (AvgIpc) is 3.35. The van der Waals surface area contributed by atoms with Gasteiger partial charge in [0.05, 0.1) is 56.9 Å². The molecular formula is C57H77N9O6S2. The third-order valence-corrected chi connectivity index (χ3v) is 14.2. The summed E-state index contributed by atoms with van der Waals surface area (Å²) < 4.78 is 12.2. The van der Waals surface area contributed by atoms with Gasteiger partial charge in [0.25, 0.3) is 23.6 Å². The van der Waals surface area contributed by atoms with Crippen LogP contribution in [-0.4, -0.2) is 68.0 Å². The number of hydrogen-bond acceptors (Lipinski definition) is 13. The fourth-order valence-corrected chi connectivity index (χ4v) is 9.42. The van der Waals surface area contributed by atoms with Gasteiger partial charge in [0, 0.05) is 47.1 Å². The van der Waals surface area contributed by atoms with Crippen molar-refractivity contribution in [2.45, 2.75) is 114 Å². The molecule has 0 radical (unpaired) electrons. The van der Waals surface area contributed by atoms with Gasteiger partial charge in [-0.1, -0.05) is 73.8 Å². The highest BCUT2D eigenvalue weighted by molar-refractivity contribution is 7.99. The highest BCUT2D eigenvalue weighted by atomic mass is 32.2. The Kier molecular flexibility index (Phi) is 22.1. The molecule has 0 aliphatic carbocycles. The fourth-order valence-electron chi connectivity index (χ4n) is 7.72. The van der Waals surface area contributed by atoms with Crippen LogP contribution < -0.4 is 59.4 Å². The quantitative estimate of drug-likeness (QED) is 0.0142. The third-order valence-electron chi connectivity index (χ3n) is 11.9. The van der Waals surface area contributed by atoms with E-state index in [2.05, 4.69) is 28.2 Å². The van der Waals surface area contributed by atoms with Gasteiger partial charge in [-0.2, -0.15) is 0 Å². The molecule has 0 aromatic heterocycles. The molecule has 0 saturated carbocycles. The number of benzene rings is 5. The molecule has 0 heterocycles. The van der Waals surface area contributed by atoms with E-state index in [1.807, 2.05) is 65.8 Å². The zero-order chi connectivity index (χ0) is 54.0. The monoisotopic (exact) mass is 1050 g/mol. The molecule has 5 rings (SSSR count). The van der Waals surface area contributed by atoms with E-state index in [1.165, 1.54) is 29.6 Å². The lowest BCUT2D eigenvalue weighted by molar-refractivity contribution is 0.101. The summed E-state index contributed by atoms with van der Waals surface area (Å²) in [7, 11) is 0. The van der Waals surface area contributed by atoms with Gasteiger partial charge < -0.3 is 59.4 Å². The maximum atomic E-state index is 14.4. The van der Waals surface area contributed by atoms with Crippen molar-refractivity contribution < 1.29 is 28.7 Å². The first-order chi connectivity index (χ1) is 35.3. The Morgan fingerprint density at radius 3 is 1.24 bits per heavy atom. The largest absolute Gasteiger partial charge is 0.493 e. The lowest BCUT2D eigenvalue weighted by Gasteiger charge is -2.25. The topological polar surface area (TPSA) is 265 Å². The molecule has 0 spiro atoms. The standard InChI is InChI=1S/C57H77N9O6S2/c1-8-9-10-13-25-71-48-20-18-40(61)34-42(48)54(69)65-46-32-38(56(2,3)4)30-44(50(46)73-27-23-59)63-52(67)36-16-15-17-37(29-36)53(68)64-45-31-39(57(5,6)7)33-47(51(45)74-28-24-60)66-55(70)43-35-41(62)19-21-49(43)72-26-14-11-12-22-58/h15-21,29-35H,8-14,22-28,58-62H2,1-7H3,(H,63,67)(H,64,68)(H,65,69)(H,66,70). The van der Waals surface area contributed by atoms with Gasteiger partial charge >= 0.3 is 0 Å². The van der Waals surface area contributed by atoms with Crippen LogP contribution in [0.25, 0.3) is 0 Å². The highest BCUT2D eigenvalue weighted by Crippen LogP contribution is 2.42. The van der Waals surface area contributed by atoms with Crippen molar-refractivity contribution in [2.75, 3.05) is 77.1 Å². The highest BCUT2D eigenvalue weighted by Gasteiger charge is 2.26. The molecule has 0 aliphatic rings. The number of thioether (sulfide) groups is 2. The summed E-state index contributed by atoms with van der Waals surface area (Å²) in [6.45, 7) is 16.5. The molecule has 74 heavy (non-hydrogen) atoms. The van der Waals surface area contributed by atoms with Crippen molar-refractivity contribution in [2.24, 2.45) is 17.2 Å². The first kappa shape index (κ1) is 58.6. The van der Waals surface area contributed by atoms with E-state index < -0.39 is 34.5 Å². The maximum absolute atomic E-state index is 14.4. The second kappa shape index (κ2) is 27.9. The Hall–Kier alpha value is -6.24. The number of unbranched alkanes of at least 4 members (excludes halogenated alkanes) is 5. The predicted octanol–water partition coefficient (Wildman–Crippen LogP) is 11.0. The molecule has 0 saturated heterocycles. The maximum Gasteiger partial charge on any atom is 0.259 e. The van der Waals surface area contributed by atoms with Crippen LogP contribution in [0.15, 0.2) is 94.7 Å². The summed E-state index contributed by atoms with van der Waals surface area (Å²) in [6.07, 6.45) is 6.62. The van der Waals surface area contributed by atoms with E-state index >= 15 is 0 Å². The van der Waals surface area contributed by atoms with Crippen molar-refractivity contribution in [1.82, 2.24) is 0 Å².